The number of hydrogen-bond acceptors (Lipinski definition) is 6. The van der Waals surface area contributed by atoms with Crippen LogP contribution in [0.2, 0.25) is 25.7 Å². The number of carbonyl (C=O) groups is 1. The van der Waals surface area contributed by atoms with Crippen molar-refractivity contribution >= 4 is 36.3 Å². The number of thiazole rings is 1. The van der Waals surface area contributed by atoms with Crippen molar-refractivity contribution in [3.8, 4) is 0 Å². The van der Waals surface area contributed by atoms with Crippen molar-refractivity contribution in [1.82, 2.24) is 9.55 Å². The Balaban J connectivity index is 1.91. The summed E-state index contributed by atoms with van der Waals surface area (Å²) in [5.41, 5.74) is 2.04. The molecule has 0 spiro atoms. The van der Waals surface area contributed by atoms with Crippen LogP contribution >= 0.6 is 11.3 Å². The lowest BCUT2D eigenvalue weighted by Crippen LogP contribution is -2.21. The summed E-state index contributed by atoms with van der Waals surface area (Å²) < 4.78 is 12.9. The summed E-state index contributed by atoms with van der Waals surface area (Å²) in [6.45, 7) is 12.2. The van der Waals surface area contributed by atoms with Crippen LogP contribution in [0, 0.1) is 0 Å². The van der Waals surface area contributed by atoms with E-state index in [1.165, 1.54) is 18.4 Å². The maximum absolute atomic E-state index is 12.2. The summed E-state index contributed by atoms with van der Waals surface area (Å²) in [7, 11) is 0.195. The van der Waals surface area contributed by atoms with E-state index in [-0.39, 0.29) is 11.6 Å². The molecule has 3 aromatic rings. The van der Waals surface area contributed by atoms with Crippen molar-refractivity contribution in [2.24, 2.45) is 0 Å². The number of ether oxygens (including phenoxy) is 2. The molecule has 0 amide bonds. The fourth-order valence-electron chi connectivity index (χ4n) is 3.37. The fourth-order valence-corrected chi connectivity index (χ4v) is 5.19. The number of hydrogen-bond donors (Lipinski definition) is 1. The van der Waals surface area contributed by atoms with Crippen LogP contribution in [0.5, 0.6) is 0 Å². The molecule has 2 aromatic heterocycles. The van der Waals surface area contributed by atoms with E-state index < -0.39 is 20.1 Å². The van der Waals surface area contributed by atoms with Crippen LogP contribution in [0.1, 0.15) is 51.8 Å². The number of rotatable bonds is 9. The maximum Gasteiger partial charge on any atom is 0.357 e. The monoisotopic (exact) mass is 460 g/mol. The van der Waals surface area contributed by atoms with Gasteiger partial charge in [0, 0.05) is 36.7 Å². The Morgan fingerprint density at radius 3 is 2.61 bits per heavy atom. The highest BCUT2D eigenvalue weighted by molar-refractivity contribution is 7.12. The van der Waals surface area contributed by atoms with Gasteiger partial charge in [0.15, 0.2) is 5.69 Å². The Morgan fingerprint density at radius 1 is 1.26 bits per heavy atom. The van der Waals surface area contributed by atoms with Gasteiger partial charge in [0.05, 0.1) is 12.6 Å². The molecule has 31 heavy (non-hydrogen) atoms. The van der Waals surface area contributed by atoms with Crippen molar-refractivity contribution in [3.63, 3.8) is 0 Å². The molecule has 1 atom stereocenters. The highest BCUT2D eigenvalue weighted by atomic mass is 32.1. The quantitative estimate of drug-likeness (QED) is 0.263. The van der Waals surface area contributed by atoms with Gasteiger partial charge in [-0.25, -0.2) is 9.78 Å². The molecule has 0 radical (unpaired) electrons. The SMILES string of the molecule is COC(=O)c1nc(C(O)c2cn(COCC[Si](C)(C)C)c3ccccc23)sc1C(C)C. The third-order valence-electron chi connectivity index (χ3n) is 5.15. The number of fused-ring (bicyclic) bond motifs is 1. The number of para-hydroxylation sites is 1. The van der Waals surface area contributed by atoms with Gasteiger partial charge >= 0.3 is 5.97 Å². The molecule has 6 nitrogen and oxygen atoms in total. The van der Waals surface area contributed by atoms with Gasteiger partial charge in [0.2, 0.25) is 0 Å². The summed E-state index contributed by atoms with van der Waals surface area (Å²) in [5, 5.41) is 12.6. The normalized spacial score (nSPS) is 13.2. The van der Waals surface area contributed by atoms with Crippen LogP contribution in [-0.4, -0.2) is 42.4 Å². The molecule has 2 heterocycles. The van der Waals surface area contributed by atoms with E-state index >= 15 is 0 Å². The number of aliphatic hydroxyl groups excluding tert-OH is 1. The number of benzene rings is 1. The number of methoxy groups -OCH3 is 1. The van der Waals surface area contributed by atoms with Gasteiger partial charge in [-0.3, -0.25) is 0 Å². The van der Waals surface area contributed by atoms with Crippen LogP contribution < -0.4 is 0 Å². The molecule has 168 valence electrons. The van der Waals surface area contributed by atoms with Crippen LogP contribution in [-0.2, 0) is 16.2 Å². The average molecular weight is 461 g/mol. The molecule has 8 heteroatoms. The standard InChI is InChI=1S/C23H32N2O4SSi/c1-15(2)21-19(23(27)28-3)24-22(30-21)20(26)17-13-25(14-29-11-12-31(4,5)6)18-10-8-7-9-16(17)18/h7-10,13,15,20,26H,11-12,14H2,1-6H3. The fraction of sp³-hybridized carbons (Fsp3) is 0.478. The van der Waals surface area contributed by atoms with E-state index in [1.54, 1.807) is 0 Å². The smallest absolute Gasteiger partial charge is 0.357 e. The zero-order chi connectivity index (χ0) is 22.8. The number of aromatic nitrogens is 2. The molecule has 0 bridgehead atoms. The Hall–Kier alpha value is -2.00. The first kappa shape index (κ1) is 23.7. The van der Waals surface area contributed by atoms with Gasteiger partial charge in [-0.15, -0.1) is 11.3 Å². The predicted molar refractivity (Wildman–Crippen MR) is 128 cm³/mol. The van der Waals surface area contributed by atoms with Crippen molar-refractivity contribution in [1.29, 1.82) is 0 Å². The van der Waals surface area contributed by atoms with E-state index in [1.807, 2.05) is 48.9 Å². The van der Waals surface area contributed by atoms with E-state index in [2.05, 4.69) is 24.6 Å². The van der Waals surface area contributed by atoms with E-state index in [9.17, 15) is 9.90 Å². The van der Waals surface area contributed by atoms with E-state index in [4.69, 9.17) is 9.47 Å². The molecular weight excluding hydrogens is 428 g/mol. The first-order valence-electron chi connectivity index (χ1n) is 10.5. The first-order chi connectivity index (χ1) is 14.6. The van der Waals surface area contributed by atoms with Gasteiger partial charge in [0.25, 0.3) is 0 Å². The predicted octanol–water partition coefficient (Wildman–Crippen LogP) is 5.40. The van der Waals surface area contributed by atoms with Gasteiger partial charge in [0.1, 0.15) is 17.8 Å². The molecule has 3 rings (SSSR count). The maximum atomic E-state index is 12.2. The highest BCUT2D eigenvalue weighted by Crippen LogP contribution is 2.36. The minimum absolute atomic E-state index is 0.105. The van der Waals surface area contributed by atoms with Gasteiger partial charge in [-0.1, -0.05) is 51.7 Å². The van der Waals surface area contributed by atoms with Crippen molar-refractivity contribution in [2.45, 2.75) is 58.3 Å². The molecule has 0 aliphatic carbocycles. The largest absolute Gasteiger partial charge is 0.464 e. The molecular formula is C23H32N2O4SSi. The molecule has 0 saturated heterocycles. The minimum Gasteiger partial charge on any atom is -0.464 e. The molecule has 1 N–H and O–H groups in total. The Morgan fingerprint density at radius 2 is 1.97 bits per heavy atom. The lowest BCUT2D eigenvalue weighted by atomic mass is 10.1. The second-order valence-corrected chi connectivity index (χ2v) is 15.9. The number of aliphatic hydroxyl groups is 1. The molecule has 0 saturated carbocycles. The average Bonchev–Trinajstić information content (AvgIpc) is 3.32. The summed E-state index contributed by atoms with van der Waals surface area (Å²) >= 11 is 1.36. The zero-order valence-corrected chi connectivity index (χ0v) is 21.0. The lowest BCUT2D eigenvalue weighted by molar-refractivity contribution is 0.0592. The van der Waals surface area contributed by atoms with Crippen molar-refractivity contribution < 1.29 is 19.4 Å². The van der Waals surface area contributed by atoms with Crippen LogP contribution in [0.15, 0.2) is 30.5 Å². The van der Waals surface area contributed by atoms with E-state index in [0.717, 1.165) is 34.0 Å². The molecule has 0 aliphatic rings. The molecule has 0 fully saturated rings. The number of esters is 1. The van der Waals surface area contributed by atoms with Gasteiger partial charge in [-0.05, 0) is 18.0 Å². The molecule has 0 aliphatic heterocycles. The van der Waals surface area contributed by atoms with Gasteiger partial charge < -0.3 is 19.1 Å². The third-order valence-corrected chi connectivity index (χ3v) is 8.26. The summed E-state index contributed by atoms with van der Waals surface area (Å²) in [6, 6.07) is 9.05. The highest BCUT2D eigenvalue weighted by Gasteiger charge is 2.26. The Kier molecular flexibility index (Phi) is 7.36. The summed E-state index contributed by atoms with van der Waals surface area (Å²) in [4.78, 5) is 17.4. The zero-order valence-electron chi connectivity index (χ0n) is 19.1. The molecule has 1 aromatic carbocycles. The summed E-state index contributed by atoms with van der Waals surface area (Å²) in [5.74, 6) is -0.370. The minimum atomic E-state index is -1.15. The Bertz CT molecular complexity index is 1050. The second-order valence-electron chi connectivity index (χ2n) is 9.23. The number of carbonyl (C=O) groups excluding carboxylic acids is 1. The second kappa shape index (κ2) is 9.64. The topological polar surface area (TPSA) is 73.6 Å². The molecule has 1 unspecified atom stereocenters. The number of nitrogens with zero attached hydrogens (tertiary/aromatic N) is 2. The lowest BCUT2D eigenvalue weighted by Gasteiger charge is -2.15. The van der Waals surface area contributed by atoms with Crippen LogP contribution in [0.3, 0.4) is 0 Å². The van der Waals surface area contributed by atoms with Gasteiger partial charge in [-0.2, -0.15) is 0 Å². The van der Waals surface area contributed by atoms with Crippen LogP contribution in [0.4, 0.5) is 0 Å². The van der Waals surface area contributed by atoms with Crippen LogP contribution in [0.25, 0.3) is 10.9 Å². The third kappa shape index (κ3) is 5.44. The van der Waals surface area contributed by atoms with Crippen molar-refractivity contribution in [3.05, 3.63) is 51.6 Å². The Labute approximate surface area is 188 Å². The van der Waals surface area contributed by atoms with Crippen molar-refractivity contribution in [2.75, 3.05) is 13.7 Å². The van der Waals surface area contributed by atoms with E-state index in [0.29, 0.717) is 11.7 Å². The summed E-state index contributed by atoms with van der Waals surface area (Å²) in [6.07, 6.45) is 0.993. The first-order valence-corrected chi connectivity index (χ1v) is 15.1.